The van der Waals surface area contributed by atoms with Crippen LogP contribution in [-0.4, -0.2) is 6.21 Å². The van der Waals surface area contributed by atoms with E-state index in [-0.39, 0.29) is 6.04 Å². The summed E-state index contributed by atoms with van der Waals surface area (Å²) in [7, 11) is 0. The van der Waals surface area contributed by atoms with Crippen LogP contribution < -0.4 is 0 Å². The minimum Gasteiger partial charge on any atom is -0.285 e. The molecule has 2 aromatic carbocycles. The molecule has 0 heterocycles. The molecule has 0 aliphatic carbocycles. The molecule has 0 spiro atoms. The molecule has 0 radical (unpaired) electrons. The Morgan fingerprint density at radius 3 is 2.35 bits per heavy atom. The van der Waals surface area contributed by atoms with E-state index in [0.29, 0.717) is 0 Å². The average Bonchev–Trinajstić information content (AvgIpc) is 2.38. The van der Waals surface area contributed by atoms with Gasteiger partial charge >= 0.3 is 0 Å². The molecule has 17 heavy (non-hydrogen) atoms. The maximum Gasteiger partial charge on any atom is 0.0721 e. The summed E-state index contributed by atoms with van der Waals surface area (Å²) < 4.78 is 1.23. The summed E-state index contributed by atoms with van der Waals surface area (Å²) in [6.07, 6.45) is 1.96. The summed E-state index contributed by atoms with van der Waals surface area (Å²) >= 11 is 2.33. The Morgan fingerprint density at radius 1 is 1.00 bits per heavy atom. The predicted octanol–water partition coefficient (Wildman–Crippen LogP) is 4.47. The van der Waals surface area contributed by atoms with E-state index >= 15 is 0 Å². The second-order valence-electron chi connectivity index (χ2n) is 3.89. The predicted molar refractivity (Wildman–Crippen MR) is 81.6 cm³/mol. The first-order valence-corrected chi connectivity index (χ1v) is 6.68. The van der Waals surface area contributed by atoms with Gasteiger partial charge in [0, 0.05) is 15.3 Å². The molecular weight excluding hydrogens is 321 g/mol. The third kappa shape index (κ3) is 3.40. The second-order valence-corrected chi connectivity index (χ2v) is 5.05. The lowest BCUT2D eigenvalue weighted by Gasteiger charge is -2.06. The largest absolute Gasteiger partial charge is 0.285 e. The molecule has 0 aliphatic heterocycles. The molecule has 2 heteroatoms. The summed E-state index contributed by atoms with van der Waals surface area (Å²) in [4.78, 5) is 4.60. The summed E-state index contributed by atoms with van der Waals surface area (Å²) in [5.74, 6) is 0. The minimum absolute atomic E-state index is 0.201. The average molecular weight is 335 g/mol. The normalized spacial score (nSPS) is 12.8. The van der Waals surface area contributed by atoms with Gasteiger partial charge in [-0.15, -0.1) is 0 Å². The number of aliphatic imine (C=N–C) groups is 1. The molecule has 0 fully saturated rings. The van der Waals surface area contributed by atoms with E-state index in [2.05, 4.69) is 58.8 Å². The first-order chi connectivity index (χ1) is 8.27. The van der Waals surface area contributed by atoms with Crippen LogP contribution in [0.25, 0.3) is 0 Å². The quantitative estimate of drug-likeness (QED) is 0.580. The number of benzene rings is 2. The zero-order valence-electron chi connectivity index (χ0n) is 9.68. The third-order valence-electron chi connectivity index (χ3n) is 2.62. The lowest BCUT2D eigenvalue weighted by molar-refractivity contribution is 0.825. The van der Waals surface area contributed by atoms with Crippen LogP contribution in [0.15, 0.2) is 59.6 Å². The fraction of sp³-hybridized carbons (Fsp3) is 0.133. The Hall–Kier alpha value is -1.16. The van der Waals surface area contributed by atoms with Crippen molar-refractivity contribution in [1.82, 2.24) is 0 Å². The molecule has 86 valence electrons. The van der Waals surface area contributed by atoms with E-state index in [9.17, 15) is 0 Å². The Labute approximate surface area is 116 Å². The lowest BCUT2D eigenvalue weighted by atomic mass is 10.1. The highest BCUT2D eigenvalue weighted by Crippen LogP contribution is 2.16. The molecule has 0 saturated carbocycles. The van der Waals surface area contributed by atoms with Crippen LogP contribution in [0, 0.1) is 3.57 Å². The zero-order chi connectivity index (χ0) is 12.1. The van der Waals surface area contributed by atoms with Crippen LogP contribution in [0.5, 0.6) is 0 Å². The molecule has 2 rings (SSSR count). The van der Waals surface area contributed by atoms with Crippen molar-refractivity contribution in [2.75, 3.05) is 0 Å². The smallest absolute Gasteiger partial charge is 0.0721 e. The summed E-state index contributed by atoms with van der Waals surface area (Å²) in [5.41, 5.74) is 2.42. The Bertz CT molecular complexity index is 505. The molecule has 2 aromatic rings. The SMILES string of the molecule is C[C@@H](N=Cc1ccccc1I)c1ccccc1. The fourth-order valence-electron chi connectivity index (χ4n) is 1.59. The molecule has 0 aliphatic rings. The lowest BCUT2D eigenvalue weighted by Crippen LogP contribution is -1.92. The Balaban J connectivity index is 2.14. The van der Waals surface area contributed by atoms with Gasteiger partial charge < -0.3 is 0 Å². The van der Waals surface area contributed by atoms with Gasteiger partial charge in [-0.1, -0.05) is 48.5 Å². The highest BCUT2D eigenvalue weighted by molar-refractivity contribution is 14.1. The molecule has 1 nitrogen and oxygen atoms in total. The zero-order valence-corrected chi connectivity index (χ0v) is 11.8. The topological polar surface area (TPSA) is 12.4 Å². The van der Waals surface area contributed by atoms with Gasteiger partial charge in [-0.3, -0.25) is 4.99 Å². The van der Waals surface area contributed by atoms with E-state index < -0.39 is 0 Å². The molecule has 0 N–H and O–H groups in total. The summed E-state index contributed by atoms with van der Waals surface area (Å²) in [5, 5.41) is 0. The first-order valence-electron chi connectivity index (χ1n) is 5.60. The van der Waals surface area contributed by atoms with Gasteiger partial charge in [0.2, 0.25) is 0 Å². The summed E-state index contributed by atoms with van der Waals surface area (Å²) in [6.45, 7) is 2.11. The van der Waals surface area contributed by atoms with Gasteiger partial charge in [0.25, 0.3) is 0 Å². The van der Waals surface area contributed by atoms with Gasteiger partial charge in [-0.05, 0) is 41.1 Å². The van der Waals surface area contributed by atoms with Gasteiger partial charge in [0.1, 0.15) is 0 Å². The monoisotopic (exact) mass is 335 g/mol. The van der Waals surface area contributed by atoms with Gasteiger partial charge in [-0.2, -0.15) is 0 Å². The van der Waals surface area contributed by atoms with Crippen LogP contribution in [0.1, 0.15) is 24.1 Å². The van der Waals surface area contributed by atoms with Crippen LogP contribution in [0.3, 0.4) is 0 Å². The van der Waals surface area contributed by atoms with Crippen molar-refractivity contribution in [2.45, 2.75) is 13.0 Å². The molecule has 0 aromatic heterocycles. The molecule has 0 bridgehead atoms. The number of hydrogen-bond donors (Lipinski definition) is 0. The molecule has 0 unspecified atom stereocenters. The molecule has 1 atom stereocenters. The highest BCUT2D eigenvalue weighted by Gasteiger charge is 2.01. The molecule has 0 amide bonds. The number of halogens is 1. The van der Waals surface area contributed by atoms with E-state index in [1.54, 1.807) is 0 Å². The van der Waals surface area contributed by atoms with E-state index in [4.69, 9.17) is 0 Å². The van der Waals surface area contributed by atoms with Crippen molar-refractivity contribution < 1.29 is 0 Å². The highest BCUT2D eigenvalue weighted by atomic mass is 127. The van der Waals surface area contributed by atoms with Crippen molar-refractivity contribution in [2.24, 2.45) is 4.99 Å². The minimum atomic E-state index is 0.201. The van der Waals surface area contributed by atoms with Crippen LogP contribution in [0.2, 0.25) is 0 Å². The summed E-state index contributed by atoms with van der Waals surface area (Å²) in [6, 6.07) is 18.8. The van der Waals surface area contributed by atoms with Gasteiger partial charge in [0.05, 0.1) is 6.04 Å². The second kappa shape index (κ2) is 5.96. The van der Waals surface area contributed by atoms with Crippen molar-refractivity contribution in [3.63, 3.8) is 0 Å². The Kier molecular flexibility index (Phi) is 4.31. The van der Waals surface area contributed by atoms with Crippen molar-refractivity contribution in [1.29, 1.82) is 0 Å². The van der Waals surface area contributed by atoms with Crippen LogP contribution in [-0.2, 0) is 0 Å². The van der Waals surface area contributed by atoms with Crippen molar-refractivity contribution in [3.05, 3.63) is 69.3 Å². The first kappa shape index (κ1) is 12.3. The maximum atomic E-state index is 4.60. The van der Waals surface area contributed by atoms with Gasteiger partial charge in [0.15, 0.2) is 0 Å². The fourth-order valence-corrected chi connectivity index (χ4v) is 2.12. The van der Waals surface area contributed by atoms with Crippen LogP contribution in [0.4, 0.5) is 0 Å². The number of rotatable bonds is 3. The molecule has 0 saturated heterocycles. The van der Waals surface area contributed by atoms with Crippen molar-refractivity contribution in [3.8, 4) is 0 Å². The van der Waals surface area contributed by atoms with Crippen LogP contribution >= 0.6 is 22.6 Å². The van der Waals surface area contributed by atoms with Crippen molar-refractivity contribution >= 4 is 28.8 Å². The maximum absolute atomic E-state index is 4.60. The van der Waals surface area contributed by atoms with E-state index in [0.717, 1.165) is 0 Å². The standard InChI is InChI=1S/C15H14IN/c1-12(13-7-3-2-4-8-13)17-11-14-9-5-6-10-15(14)16/h2-12H,1H3/t12-/m1/s1. The number of nitrogens with zero attached hydrogens (tertiary/aromatic N) is 1. The third-order valence-corrected chi connectivity index (χ3v) is 3.61. The van der Waals surface area contributed by atoms with E-state index in [1.165, 1.54) is 14.7 Å². The molecular formula is C15H14IN. The Morgan fingerprint density at radius 2 is 1.65 bits per heavy atom. The van der Waals surface area contributed by atoms with Gasteiger partial charge in [-0.25, -0.2) is 0 Å². The number of hydrogen-bond acceptors (Lipinski definition) is 1. The van der Waals surface area contributed by atoms with E-state index in [1.807, 2.05) is 36.5 Å².